The molecular formula is C19H23N5O3. The Kier molecular flexibility index (Phi) is 5.15. The molecule has 8 heteroatoms. The van der Waals surface area contributed by atoms with Crippen LogP contribution in [0.2, 0.25) is 0 Å². The fourth-order valence-corrected chi connectivity index (χ4v) is 3.30. The molecule has 0 bridgehead atoms. The van der Waals surface area contributed by atoms with E-state index >= 15 is 0 Å². The van der Waals surface area contributed by atoms with Gasteiger partial charge in [-0.2, -0.15) is 5.26 Å². The Balaban J connectivity index is 1.50. The van der Waals surface area contributed by atoms with Crippen molar-refractivity contribution >= 4 is 17.8 Å². The third-order valence-corrected chi connectivity index (χ3v) is 4.95. The third kappa shape index (κ3) is 4.09. The van der Waals surface area contributed by atoms with E-state index in [-0.39, 0.29) is 18.4 Å². The predicted octanol–water partition coefficient (Wildman–Crippen LogP) is 0.533. The van der Waals surface area contributed by atoms with Crippen molar-refractivity contribution in [3.05, 3.63) is 35.4 Å². The molecule has 1 aromatic rings. The Morgan fingerprint density at radius 1 is 1.15 bits per heavy atom. The smallest absolute Gasteiger partial charge is 0.325 e. The quantitative estimate of drug-likeness (QED) is 0.781. The average molecular weight is 369 g/mol. The summed E-state index contributed by atoms with van der Waals surface area (Å²) in [5.74, 6) is -0.588. The number of nitriles is 1. The maximum Gasteiger partial charge on any atom is 0.325 e. The van der Waals surface area contributed by atoms with Gasteiger partial charge in [-0.25, -0.2) is 4.79 Å². The zero-order valence-electron chi connectivity index (χ0n) is 15.6. The summed E-state index contributed by atoms with van der Waals surface area (Å²) in [6, 6.07) is 9.07. The first-order valence-corrected chi connectivity index (χ1v) is 8.93. The number of nitrogens with one attached hydrogen (secondary N) is 1. The van der Waals surface area contributed by atoms with Crippen LogP contribution in [-0.4, -0.2) is 70.8 Å². The van der Waals surface area contributed by atoms with Crippen LogP contribution in [-0.2, 0) is 16.1 Å². The van der Waals surface area contributed by atoms with Crippen LogP contribution in [0.5, 0.6) is 0 Å². The molecule has 0 saturated carbocycles. The summed E-state index contributed by atoms with van der Waals surface area (Å²) in [6.45, 7) is 6.34. The van der Waals surface area contributed by atoms with Gasteiger partial charge in [-0.3, -0.25) is 19.4 Å². The molecule has 0 spiro atoms. The molecule has 27 heavy (non-hydrogen) atoms. The molecule has 2 heterocycles. The minimum absolute atomic E-state index is 0.214. The van der Waals surface area contributed by atoms with Crippen molar-refractivity contribution in [3.63, 3.8) is 0 Å². The molecule has 3 rings (SSSR count). The lowest BCUT2D eigenvalue weighted by atomic mass is 10.1. The molecule has 2 aliphatic heterocycles. The number of nitrogens with zero attached hydrogens (tertiary/aromatic N) is 4. The fourth-order valence-electron chi connectivity index (χ4n) is 3.30. The van der Waals surface area contributed by atoms with Gasteiger partial charge in [0.1, 0.15) is 12.1 Å². The Bertz CT molecular complexity index is 789. The maximum atomic E-state index is 12.5. The Morgan fingerprint density at radius 2 is 1.78 bits per heavy atom. The summed E-state index contributed by atoms with van der Waals surface area (Å²) in [6.07, 6.45) is 0. The van der Waals surface area contributed by atoms with Crippen molar-refractivity contribution in [3.8, 4) is 6.07 Å². The van der Waals surface area contributed by atoms with Crippen LogP contribution in [0.3, 0.4) is 0 Å². The minimum Gasteiger partial charge on any atom is -0.339 e. The first-order valence-electron chi connectivity index (χ1n) is 8.93. The van der Waals surface area contributed by atoms with Crippen LogP contribution in [0.4, 0.5) is 4.79 Å². The van der Waals surface area contributed by atoms with Crippen LogP contribution >= 0.6 is 0 Å². The summed E-state index contributed by atoms with van der Waals surface area (Å²) in [4.78, 5) is 41.5. The maximum absolute atomic E-state index is 12.5. The molecule has 2 fully saturated rings. The van der Waals surface area contributed by atoms with Crippen molar-refractivity contribution in [1.82, 2.24) is 20.0 Å². The molecule has 0 unspecified atom stereocenters. The summed E-state index contributed by atoms with van der Waals surface area (Å²) in [5, 5.41) is 11.4. The number of imide groups is 1. The highest BCUT2D eigenvalue weighted by Gasteiger charge is 2.45. The molecule has 0 radical (unpaired) electrons. The second-order valence-corrected chi connectivity index (χ2v) is 7.41. The Labute approximate surface area is 158 Å². The van der Waals surface area contributed by atoms with Crippen LogP contribution in [0.1, 0.15) is 25.0 Å². The minimum atomic E-state index is -0.961. The number of hydrogen-bond donors (Lipinski definition) is 1. The first-order chi connectivity index (χ1) is 12.8. The van der Waals surface area contributed by atoms with Crippen molar-refractivity contribution in [2.75, 3.05) is 32.7 Å². The van der Waals surface area contributed by atoms with Crippen molar-refractivity contribution in [1.29, 1.82) is 5.26 Å². The van der Waals surface area contributed by atoms with Gasteiger partial charge in [-0.05, 0) is 31.5 Å². The van der Waals surface area contributed by atoms with E-state index in [0.29, 0.717) is 18.7 Å². The Hall–Kier alpha value is -2.92. The van der Waals surface area contributed by atoms with Gasteiger partial charge in [0.25, 0.3) is 5.91 Å². The number of benzene rings is 1. The summed E-state index contributed by atoms with van der Waals surface area (Å²) in [7, 11) is 0. The summed E-state index contributed by atoms with van der Waals surface area (Å²) >= 11 is 0. The normalized spacial score (nSPS) is 19.7. The van der Waals surface area contributed by atoms with E-state index in [1.807, 2.05) is 12.1 Å². The van der Waals surface area contributed by atoms with E-state index in [9.17, 15) is 14.4 Å². The molecule has 1 aromatic carbocycles. The van der Waals surface area contributed by atoms with E-state index in [2.05, 4.69) is 16.3 Å². The van der Waals surface area contributed by atoms with E-state index in [1.54, 1.807) is 30.9 Å². The number of rotatable bonds is 4. The van der Waals surface area contributed by atoms with E-state index < -0.39 is 11.6 Å². The molecule has 4 amide bonds. The largest absolute Gasteiger partial charge is 0.339 e. The topological polar surface area (TPSA) is 96.8 Å². The number of carbonyl (C=O) groups is 3. The van der Waals surface area contributed by atoms with Gasteiger partial charge < -0.3 is 10.2 Å². The second kappa shape index (κ2) is 7.37. The lowest BCUT2D eigenvalue weighted by molar-refractivity contribution is -0.139. The molecule has 2 aliphatic rings. The molecule has 2 saturated heterocycles. The van der Waals surface area contributed by atoms with Crippen molar-refractivity contribution in [2.45, 2.75) is 25.9 Å². The fraction of sp³-hybridized carbons (Fsp3) is 0.474. The number of hydrogen-bond acceptors (Lipinski definition) is 5. The van der Waals surface area contributed by atoms with Crippen molar-refractivity contribution in [2.24, 2.45) is 0 Å². The molecule has 0 aliphatic carbocycles. The number of piperazine rings is 1. The lowest BCUT2D eigenvalue weighted by Crippen LogP contribution is -2.51. The van der Waals surface area contributed by atoms with E-state index in [4.69, 9.17) is 5.26 Å². The zero-order valence-corrected chi connectivity index (χ0v) is 15.6. The van der Waals surface area contributed by atoms with E-state index in [0.717, 1.165) is 30.1 Å². The number of urea groups is 1. The third-order valence-electron chi connectivity index (χ3n) is 4.95. The van der Waals surface area contributed by atoms with Gasteiger partial charge in [0, 0.05) is 32.7 Å². The molecule has 142 valence electrons. The second-order valence-electron chi connectivity index (χ2n) is 7.41. The van der Waals surface area contributed by atoms with E-state index in [1.165, 1.54) is 0 Å². The van der Waals surface area contributed by atoms with Crippen LogP contribution < -0.4 is 5.32 Å². The van der Waals surface area contributed by atoms with Crippen molar-refractivity contribution < 1.29 is 14.4 Å². The summed E-state index contributed by atoms with van der Waals surface area (Å²) < 4.78 is 0. The molecule has 0 atom stereocenters. The average Bonchev–Trinajstić information content (AvgIpc) is 2.84. The number of carbonyl (C=O) groups excluding carboxylic acids is 3. The van der Waals surface area contributed by atoms with Crippen LogP contribution in [0.25, 0.3) is 0 Å². The molecular weight excluding hydrogens is 346 g/mol. The first kappa shape index (κ1) is 18.9. The highest BCUT2D eigenvalue weighted by atomic mass is 16.2. The molecule has 0 aromatic heterocycles. The van der Waals surface area contributed by atoms with Crippen LogP contribution in [0.15, 0.2) is 24.3 Å². The highest BCUT2D eigenvalue weighted by Crippen LogP contribution is 2.17. The molecule has 8 nitrogen and oxygen atoms in total. The van der Waals surface area contributed by atoms with Gasteiger partial charge in [-0.15, -0.1) is 0 Å². The predicted molar refractivity (Wildman–Crippen MR) is 97.3 cm³/mol. The SMILES string of the molecule is CC1(C)NC(=O)N(CC(=O)N2CCN(Cc3ccc(C#N)cc3)CC2)C1=O. The highest BCUT2D eigenvalue weighted by molar-refractivity contribution is 6.08. The van der Waals surface area contributed by atoms with Gasteiger partial charge in [-0.1, -0.05) is 12.1 Å². The van der Waals surface area contributed by atoms with Gasteiger partial charge in [0.2, 0.25) is 5.91 Å². The molecule has 1 N–H and O–H groups in total. The summed E-state index contributed by atoms with van der Waals surface area (Å²) in [5.41, 5.74) is 0.796. The van der Waals surface area contributed by atoms with Gasteiger partial charge in [0.15, 0.2) is 0 Å². The van der Waals surface area contributed by atoms with Gasteiger partial charge in [0.05, 0.1) is 11.6 Å². The number of amides is 4. The zero-order chi connectivity index (χ0) is 19.6. The van der Waals surface area contributed by atoms with Gasteiger partial charge >= 0.3 is 6.03 Å². The van der Waals surface area contributed by atoms with Crippen LogP contribution in [0, 0.1) is 11.3 Å². The monoisotopic (exact) mass is 369 g/mol. The standard InChI is InChI=1S/C19H23N5O3/c1-19(2)17(26)24(18(27)21-19)13-16(25)23-9-7-22(8-10-23)12-15-5-3-14(11-20)4-6-15/h3-6H,7-10,12-13H2,1-2H3,(H,21,27). The lowest BCUT2D eigenvalue weighted by Gasteiger charge is -2.35. The Morgan fingerprint density at radius 3 is 2.30 bits per heavy atom.